The number of rotatable bonds is 5. The maximum absolute atomic E-state index is 12.7. The van der Waals surface area contributed by atoms with Crippen molar-refractivity contribution in [2.24, 2.45) is 0 Å². The molecule has 2 aliphatic rings. The number of hydrogen-bond donors (Lipinski definition) is 2. The molecule has 1 saturated heterocycles. The Morgan fingerprint density at radius 2 is 1.96 bits per heavy atom. The maximum atomic E-state index is 12.7. The summed E-state index contributed by atoms with van der Waals surface area (Å²) < 4.78 is 5.68. The number of carbonyl (C=O) groups excluding carboxylic acids is 2. The molecule has 1 spiro atoms. The van der Waals surface area contributed by atoms with Gasteiger partial charge in [0.15, 0.2) is 0 Å². The van der Waals surface area contributed by atoms with Gasteiger partial charge < -0.3 is 15.2 Å². The normalized spacial score (nSPS) is 20.7. The van der Waals surface area contributed by atoms with E-state index < -0.39 is 17.7 Å². The Morgan fingerprint density at radius 1 is 1.24 bits per heavy atom. The molecule has 2 N–H and O–H groups in total. The quantitative estimate of drug-likeness (QED) is 0.802. The molecule has 0 unspecified atom stereocenters. The molecule has 0 bridgehead atoms. The highest BCUT2D eigenvalue weighted by Crippen LogP contribution is 2.33. The molecule has 1 heterocycles. The number of aliphatic hydroxyl groups excluding tert-OH is 1. The molecule has 2 fully saturated rings. The van der Waals surface area contributed by atoms with Crippen LogP contribution < -0.4 is 10.1 Å². The summed E-state index contributed by atoms with van der Waals surface area (Å²) in [6.45, 7) is 3.90. The highest BCUT2D eigenvalue weighted by molar-refractivity contribution is 6.07. The predicted molar refractivity (Wildman–Crippen MR) is 93.5 cm³/mol. The molecule has 1 aromatic rings. The van der Waals surface area contributed by atoms with Gasteiger partial charge in [0.1, 0.15) is 24.0 Å². The highest BCUT2D eigenvalue weighted by Gasteiger charge is 2.51. The zero-order chi connectivity index (χ0) is 18.0. The molecule has 6 heteroatoms. The second-order valence-electron chi connectivity index (χ2n) is 7.22. The monoisotopic (exact) mass is 346 g/mol. The van der Waals surface area contributed by atoms with E-state index in [9.17, 15) is 14.7 Å². The Balaban J connectivity index is 1.59. The van der Waals surface area contributed by atoms with Crippen LogP contribution in [-0.4, -0.2) is 46.7 Å². The lowest BCUT2D eigenvalue weighted by Gasteiger charge is -2.30. The van der Waals surface area contributed by atoms with Gasteiger partial charge in [0, 0.05) is 0 Å². The van der Waals surface area contributed by atoms with Crippen molar-refractivity contribution in [3.8, 4) is 5.75 Å². The Kier molecular flexibility index (Phi) is 4.99. The van der Waals surface area contributed by atoms with Gasteiger partial charge in [-0.15, -0.1) is 0 Å². The largest absolute Gasteiger partial charge is 0.491 e. The molecule has 0 radical (unpaired) electrons. The van der Waals surface area contributed by atoms with Crippen molar-refractivity contribution in [2.45, 2.75) is 57.6 Å². The van der Waals surface area contributed by atoms with Crippen LogP contribution in [0.25, 0.3) is 0 Å². The van der Waals surface area contributed by atoms with Crippen molar-refractivity contribution in [3.05, 3.63) is 29.3 Å². The van der Waals surface area contributed by atoms with Crippen LogP contribution in [0.4, 0.5) is 4.79 Å². The summed E-state index contributed by atoms with van der Waals surface area (Å²) in [5.41, 5.74) is 1.31. The summed E-state index contributed by atoms with van der Waals surface area (Å²) >= 11 is 0. The third kappa shape index (κ3) is 3.63. The number of β-amino-alcohol motifs (C(OH)–C–C–N with tert-alkyl or cyclic N) is 1. The summed E-state index contributed by atoms with van der Waals surface area (Å²) in [7, 11) is 0. The van der Waals surface area contributed by atoms with Crippen LogP contribution in [0.15, 0.2) is 18.2 Å². The van der Waals surface area contributed by atoms with Gasteiger partial charge in [-0.2, -0.15) is 0 Å². The van der Waals surface area contributed by atoms with Crippen molar-refractivity contribution in [3.63, 3.8) is 0 Å². The Morgan fingerprint density at radius 3 is 2.68 bits per heavy atom. The summed E-state index contributed by atoms with van der Waals surface area (Å²) in [6, 6.07) is 5.46. The first-order valence-electron chi connectivity index (χ1n) is 8.93. The molecule has 1 aromatic carbocycles. The second kappa shape index (κ2) is 7.04. The summed E-state index contributed by atoms with van der Waals surface area (Å²) in [4.78, 5) is 26.0. The number of ether oxygens (including phenoxy) is 1. The molecule has 1 aliphatic carbocycles. The van der Waals surface area contributed by atoms with E-state index in [0.29, 0.717) is 18.6 Å². The Hall–Kier alpha value is -2.08. The Bertz CT molecular complexity index is 667. The lowest BCUT2D eigenvalue weighted by molar-refractivity contribution is -0.133. The number of nitrogens with one attached hydrogen (secondary N) is 1. The van der Waals surface area contributed by atoms with Crippen LogP contribution in [0, 0.1) is 13.8 Å². The second-order valence-corrected chi connectivity index (χ2v) is 7.22. The average Bonchev–Trinajstić information content (AvgIpc) is 2.80. The van der Waals surface area contributed by atoms with E-state index in [4.69, 9.17) is 4.74 Å². The van der Waals surface area contributed by atoms with Crippen molar-refractivity contribution in [1.29, 1.82) is 0 Å². The van der Waals surface area contributed by atoms with Crippen LogP contribution in [-0.2, 0) is 4.79 Å². The molecule has 0 aromatic heterocycles. The molecular formula is C19H26N2O4. The molecule has 1 saturated carbocycles. The highest BCUT2D eigenvalue weighted by atomic mass is 16.5. The molecule has 1 atom stereocenters. The molecule has 1 aliphatic heterocycles. The Labute approximate surface area is 148 Å². The number of benzene rings is 1. The molecule has 3 amide bonds. The SMILES string of the molecule is Cc1ccc(C)c(OC[C@@H](O)CN2C(=O)NC3(CCCCC3)C2=O)c1. The van der Waals surface area contributed by atoms with Crippen molar-refractivity contribution in [1.82, 2.24) is 10.2 Å². The van der Waals surface area contributed by atoms with Gasteiger partial charge in [-0.3, -0.25) is 9.69 Å². The average molecular weight is 346 g/mol. The first-order chi connectivity index (χ1) is 11.9. The van der Waals surface area contributed by atoms with Crippen LogP contribution >= 0.6 is 0 Å². The van der Waals surface area contributed by atoms with Crippen LogP contribution in [0.5, 0.6) is 5.75 Å². The summed E-state index contributed by atoms with van der Waals surface area (Å²) in [5, 5.41) is 13.1. The smallest absolute Gasteiger partial charge is 0.325 e. The van der Waals surface area contributed by atoms with E-state index in [2.05, 4.69) is 5.32 Å². The number of aryl methyl sites for hydroxylation is 2. The summed E-state index contributed by atoms with van der Waals surface area (Å²) in [5.74, 6) is 0.503. The van der Waals surface area contributed by atoms with Crippen LogP contribution in [0.3, 0.4) is 0 Å². The van der Waals surface area contributed by atoms with E-state index in [1.807, 2.05) is 32.0 Å². The van der Waals surface area contributed by atoms with Crippen LogP contribution in [0.2, 0.25) is 0 Å². The van der Waals surface area contributed by atoms with Gasteiger partial charge >= 0.3 is 6.03 Å². The first-order valence-corrected chi connectivity index (χ1v) is 8.93. The van der Waals surface area contributed by atoms with E-state index in [-0.39, 0.29) is 19.1 Å². The third-order valence-corrected chi connectivity index (χ3v) is 5.12. The number of urea groups is 1. The van der Waals surface area contributed by atoms with E-state index in [0.717, 1.165) is 35.3 Å². The number of carbonyl (C=O) groups is 2. The zero-order valence-electron chi connectivity index (χ0n) is 14.9. The van der Waals surface area contributed by atoms with Gasteiger partial charge in [0.25, 0.3) is 5.91 Å². The molecule has 6 nitrogen and oxygen atoms in total. The van der Waals surface area contributed by atoms with Gasteiger partial charge in [0.2, 0.25) is 0 Å². The lowest BCUT2D eigenvalue weighted by Crippen LogP contribution is -2.48. The molecule has 25 heavy (non-hydrogen) atoms. The molecular weight excluding hydrogens is 320 g/mol. The number of aliphatic hydroxyl groups is 1. The number of imide groups is 1. The number of amides is 3. The minimum Gasteiger partial charge on any atom is -0.491 e. The van der Waals surface area contributed by atoms with E-state index in [1.165, 1.54) is 0 Å². The number of nitrogens with zero attached hydrogens (tertiary/aromatic N) is 1. The zero-order valence-corrected chi connectivity index (χ0v) is 14.9. The topological polar surface area (TPSA) is 78.9 Å². The first kappa shape index (κ1) is 17.7. The summed E-state index contributed by atoms with van der Waals surface area (Å²) in [6.07, 6.45) is 3.42. The fourth-order valence-electron chi connectivity index (χ4n) is 3.65. The van der Waals surface area contributed by atoms with Crippen molar-refractivity contribution >= 4 is 11.9 Å². The van der Waals surface area contributed by atoms with Gasteiger partial charge in [-0.05, 0) is 43.9 Å². The number of hydrogen-bond acceptors (Lipinski definition) is 4. The van der Waals surface area contributed by atoms with Gasteiger partial charge in [0.05, 0.1) is 6.54 Å². The predicted octanol–water partition coefficient (Wildman–Crippen LogP) is 2.30. The van der Waals surface area contributed by atoms with Gasteiger partial charge in [-0.1, -0.05) is 31.4 Å². The standard InChI is InChI=1S/C19H26N2O4/c1-13-6-7-14(2)16(10-13)25-12-15(22)11-21-17(23)19(20-18(21)24)8-4-3-5-9-19/h6-7,10,15,22H,3-5,8-9,11-12H2,1-2H3,(H,20,24)/t15-/m0/s1. The maximum Gasteiger partial charge on any atom is 0.325 e. The minimum absolute atomic E-state index is 0.0361. The molecule has 3 rings (SSSR count). The third-order valence-electron chi connectivity index (χ3n) is 5.12. The fraction of sp³-hybridized carbons (Fsp3) is 0.579. The van der Waals surface area contributed by atoms with Crippen LogP contribution in [0.1, 0.15) is 43.2 Å². The van der Waals surface area contributed by atoms with Gasteiger partial charge in [-0.25, -0.2) is 4.79 Å². The fourth-order valence-corrected chi connectivity index (χ4v) is 3.65. The molecule has 136 valence electrons. The van der Waals surface area contributed by atoms with E-state index in [1.54, 1.807) is 0 Å². The van der Waals surface area contributed by atoms with E-state index >= 15 is 0 Å². The lowest BCUT2D eigenvalue weighted by atomic mass is 9.82. The van der Waals surface area contributed by atoms with Crippen molar-refractivity contribution in [2.75, 3.05) is 13.2 Å². The van der Waals surface area contributed by atoms with Crippen molar-refractivity contribution < 1.29 is 19.4 Å². The minimum atomic E-state index is -0.923.